The molecule has 1 amide bonds. The van der Waals surface area contributed by atoms with Crippen molar-refractivity contribution in [2.75, 3.05) is 6.61 Å². The van der Waals surface area contributed by atoms with Crippen LogP contribution in [0.25, 0.3) is 0 Å². The van der Waals surface area contributed by atoms with Crippen molar-refractivity contribution in [3.05, 3.63) is 0 Å². The second-order valence-corrected chi connectivity index (χ2v) is 3.36. The highest BCUT2D eigenvalue weighted by Crippen LogP contribution is 2.20. The van der Waals surface area contributed by atoms with Gasteiger partial charge in [0.05, 0.1) is 12.7 Å². The number of rotatable bonds is 3. The Balaban J connectivity index is 2.44. The molecule has 1 fully saturated rings. The molecule has 1 heterocycles. The number of hydrogen-bond acceptors (Lipinski definition) is 6. The van der Waals surface area contributed by atoms with Crippen LogP contribution in [-0.4, -0.2) is 52.4 Å². The molecule has 0 aliphatic carbocycles. The van der Waals surface area contributed by atoms with Gasteiger partial charge in [-0.25, -0.2) is 10.3 Å². The van der Waals surface area contributed by atoms with E-state index in [4.69, 9.17) is 14.7 Å². The van der Waals surface area contributed by atoms with Crippen LogP contribution in [0.3, 0.4) is 0 Å². The molecule has 1 aliphatic rings. The lowest BCUT2D eigenvalue weighted by Crippen LogP contribution is -2.51. The van der Waals surface area contributed by atoms with E-state index in [-0.39, 0.29) is 6.42 Å². The first kappa shape index (κ1) is 12.3. The van der Waals surface area contributed by atoms with Gasteiger partial charge in [0.1, 0.15) is 12.2 Å². The van der Waals surface area contributed by atoms with Gasteiger partial charge in [0.25, 0.3) is 0 Å². The van der Waals surface area contributed by atoms with Gasteiger partial charge in [-0.1, -0.05) is 0 Å². The molecule has 15 heavy (non-hydrogen) atoms. The Kier molecular flexibility index (Phi) is 4.43. The topological polar surface area (TPSA) is 108 Å². The maximum atomic E-state index is 10.5. The maximum Gasteiger partial charge on any atom is 0.240 e. The first-order chi connectivity index (χ1) is 7.04. The number of aliphatic hydroxyl groups excluding tert-OH is 3. The molecular formula is C8H15NO6. The van der Waals surface area contributed by atoms with Crippen LogP contribution >= 0.6 is 0 Å². The molecule has 0 saturated carbocycles. The third kappa shape index (κ3) is 3.40. The number of hydrogen-bond donors (Lipinski definition) is 4. The molecule has 1 saturated heterocycles. The number of nitrogens with one attached hydrogen (secondary N) is 1. The highest BCUT2D eigenvalue weighted by molar-refractivity contribution is 5.71. The van der Waals surface area contributed by atoms with Gasteiger partial charge in [-0.2, -0.15) is 0 Å². The van der Waals surface area contributed by atoms with Gasteiger partial charge >= 0.3 is 0 Å². The van der Waals surface area contributed by atoms with Gasteiger partial charge in [0, 0.05) is 13.3 Å². The third-order valence-electron chi connectivity index (χ3n) is 2.05. The van der Waals surface area contributed by atoms with Crippen molar-refractivity contribution in [3.63, 3.8) is 0 Å². The van der Waals surface area contributed by atoms with Gasteiger partial charge < -0.3 is 20.1 Å². The fraction of sp³-hybridized carbons (Fsp3) is 0.875. The zero-order valence-electron chi connectivity index (χ0n) is 8.29. The molecule has 0 aromatic rings. The summed E-state index contributed by atoms with van der Waals surface area (Å²) in [4.78, 5) is 15.3. The summed E-state index contributed by atoms with van der Waals surface area (Å²) in [6, 6.07) is 0. The Morgan fingerprint density at radius 1 is 1.60 bits per heavy atom. The predicted octanol–water partition coefficient (Wildman–Crippen LogP) is -2.12. The summed E-state index contributed by atoms with van der Waals surface area (Å²) in [5, 5.41) is 27.6. The van der Waals surface area contributed by atoms with E-state index in [1.165, 1.54) is 6.92 Å². The van der Waals surface area contributed by atoms with Gasteiger partial charge in [0.15, 0.2) is 6.29 Å². The number of carbonyl (C=O) groups excluding carboxylic acids is 1. The average Bonchev–Trinajstić information content (AvgIpc) is 2.19. The number of ether oxygens (including phenoxy) is 1. The summed E-state index contributed by atoms with van der Waals surface area (Å²) >= 11 is 0. The number of amides is 1. The quantitative estimate of drug-likeness (QED) is 0.406. The van der Waals surface area contributed by atoms with Crippen molar-refractivity contribution in [1.82, 2.24) is 5.48 Å². The SMILES string of the molecule is CC(=O)NO[C@@H]1C[C@@H](O)[C@@H](O)[C@@H](CO)O1. The van der Waals surface area contributed by atoms with Gasteiger partial charge in [0.2, 0.25) is 5.91 Å². The second kappa shape index (κ2) is 5.38. The molecule has 7 heteroatoms. The molecule has 4 atom stereocenters. The van der Waals surface area contributed by atoms with Crippen molar-refractivity contribution in [1.29, 1.82) is 0 Å². The fourth-order valence-corrected chi connectivity index (χ4v) is 1.29. The minimum Gasteiger partial charge on any atom is -0.394 e. The first-order valence-electron chi connectivity index (χ1n) is 4.59. The third-order valence-corrected chi connectivity index (χ3v) is 2.05. The van der Waals surface area contributed by atoms with Crippen LogP contribution in [0.5, 0.6) is 0 Å². The predicted molar refractivity (Wildman–Crippen MR) is 47.3 cm³/mol. The van der Waals surface area contributed by atoms with Crippen LogP contribution in [0.1, 0.15) is 13.3 Å². The molecule has 7 nitrogen and oxygen atoms in total. The van der Waals surface area contributed by atoms with Crippen molar-refractivity contribution in [2.24, 2.45) is 0 Å². The van der Waals surface area contributed by atoms with E-state index in [0.717, 1.165) is 0 Å². The van der Waals surface area contributed by atoms with Crippen LogP contribution in [0.4, 0.5) is 0 Å². The van der Waals surface area contributed by atoms with E-state index in [0.29, 0.717) is 0 Å². The second-order valence-electron chi connectivity index (χ2n) is 3.36. The molecule has 0 radical (unpaired) electrons. The van der Waals surface area contributed by atoms with Crippen molar-refractivity contribution in [3.8, 4) is 0 Å². The Morgan fingerprint density at radius 3 is 2.80 bits per heavy atom. The van der Waals surface area contributed by atoms with Crippen molar-refractivity contribution < 1.29 is 29.7 Å². The summed E-state index contributed by atoms with van der Waals surface area (Å²) in [6.45, 7) is 0.829. The minimum absolute atomic E-state index is 0.0257. The first-order valence-corrected chi connectivity index (χ1v) is 4.59. The highest BCUT2D eigenvalue weighted by Gasteiger charge is 2.37. The summed E-state index contributed by atoms with van der Waals surface area (Å²) in [5.74, 6) is -0.403. The molecule has 0 bridgehead atoms. The van der Waals surface area contributed by atoms with Crippen LogP contribution in [0.15, 0.2) is 0 Å². The van der Waals surface area contributed by atoms with E-state index in [9.17, 15) is 15.0 Å². The fourth-order valence-electron chi connectivity index (χ4n) is 1.29. The number of hydroxylamine groups is 1. The lowest BCUT2D eigenvalue weighted by atomic mass is 10.0. The number of aliphatic hydroxyl groups is 3. The van der Waals surface area contributed by atoms with E-state index in [1.54, 1.807) is 0 Å². The van der Waals surface area contributed by atoms with E-state index < -0.39 is 37.1 Å². The summed E-state index contributed by atoms with van der Waals surface area (Å²) in [6.07, 6.45) is -3.95. The lowest BCUT2D eigenvalue weighted by molar-refractivity contribution is -0.271. The van der Waals surface area contributed by atoms with Crippen LogP contribution in [0, 0.1) is 0 Å². The average molecular weight is 221 g/mol. The molecule has 1 aliphatic heterocycles. The smallest absolute Gasteiger partial charge is 0.240 e. The van der Waals surface area contributed by atoms with E-state index in [2.05, 4.69) is 5.48 Å². The van der Waals surface area contributed by atoms with Crippen LogP contribution in [-0.2, 0) is 14.4 Å². The Hall–Kier alpha value is -0.730. The summed E-state index contributed by atoms with van der Waals surface area (Å²) < 4.78 is 5.07. The highest BCUT2D eigenvalue weighted by atomic mass is 16.8. The van der Waals surface area contributed by atoms with Crippen molar-refractivity contribution in [2.45, 2.75) is 37.9 Å². The summed E-state index contributed by atoms with van der Waals surface area (Å²) in [7, 11) is 0. The van der Waals surface area contributed by atoms with Crippen LogP contribution in [0.2, 0.25) is 0 Å². The van der Waals surface area contributed by atoms with Gasteiger partial charge in [-0.05, 0) is 0 Å². The van der Waals surface area contributed by atoms with E-state index in [1.807, 2.05) is 0 Å². The zero-order valence-corrected chi connectivity index (χ0v) is 8.29. The Morgan fingerprint density at radius 2 is 2.27 bits per heavy atom. The molecule has 0 spiro atoms. The van der Waals surface area contributed by atoms with Gasteiger partial charge in [-0.3, -0.25) is 4.79 Å². The molecular weight excluding hydrogens is 206 g/mol. The van der Waals surface area contributed by atoms with Crippen LogP contribution < -0.4 is 5.48 Å². The minimum atomic E-state index is -1.15. The molecule has 0 aromatic heterocycles. The largest absolute Gasteiger partial charge is 0.394 e. The summed E-state index contributed by atoms with van der Waals surface area (Å²) in [5.41, 5.74) is 2.06. The molecule has 88 valence electrons. The maximum absolute atomic E-state index is 10.5. The molecule has 0 unspecified atom stereocenters. The standard InChI is InChI=1S/C8H15NO6/c1-4(11)9-15-7-2-5(12)8(13)6(3-10)14-7/h5-8,10,12-13H,2-3H2,1H3,(H,9,11)/t5-,6-,7-,8-/m1/s1. The van der Waals surface area contributed by atoms with E-state index >= 15 is 0 Å². The number of carbonyl (C=O) groups is 1. The molecule has 0 aromatic carbocycles. The Labute approximate surface area is 86.6 Å². The van der Waals surface area contributed by atoms with Crippen molar-refractivity contribution >= 4 is 5.91 Å². The Bertz CT molecular complexity index is 223. The zero-order chi connectivity index (χ0) is 11.4. The monoisotopic (exact) mass is 221 g/mol. The van der Waals surface area contributed by atoms with Gasteiger partial charge in [-0.15, -0.1) is 0 Å². The lowest BCUT2D eigenvalue weighted by Gasteiger charge is -2.35. The normalized spacial score (nSPS) is 36.3. The molecule has 1 rings (SSSR count). The molecule has 4 N–H and O–H groups in total.